The van der Waals surface area contributed by atoms with E-state index >= 15 is 0 Å². The third-order valence-corrected chi connectivity index (χ3v) is 5.63. The van der Waals surface area contributed by atoms with Crippen molar-refractivity contribution in [2.24, 2.45) is 16.6 Å². The molecule has 0 bridgehead atoms. The van der Waals surface area contributed by atoms with Gasteiger partial charge in [-0.15, -0.1) is 0 Å². The minimum atomic E-state index is -0.0996. The molecule has 0 amide bonds. The zero-order valence-electron chi connectivity index (χ0n) is 19.6. The van der Waals surface area contributed by atoms with Gasteiger partial charge in [0.05, 0.1) is 30.8 Å². The van der Waals surface area contributed by atoms with Crippen LogP contribution in [0, 0.1) is 5.92 Å². The minimum Gasteiger partial charge on any atom is -0.497 e. The van der Waals surface area contributed by atoms with Crippen LogP contribution in [0.4, 0.5) is 5.69 Å². The van der Waals surface area contributed by atoms with Gasteiger partial charge in [0.25, 0.3) is 0 Å². The average Bonchev–Trinajstić information content (AvgIpc) is 2.99. The van der Waals surface area contributed by atoms with E-state index in [0.717, 1.165) is 34.7 Å². The zero-order valence-corrected chi connectivity index (χ0v) is 19.6. The van der Waals surface area contributed by atoms with Gasteiger partial charge in [-0.2, -0.15) is 0 Å². The van der Waals surface area contributed by atoms with E-state index in [-0.39, 0.29) is 18.1 Å². The molecule has 0 saturated carbocycles. The summed E-state index contributed by atoms with van der Waals surface area (Å²) in [6.07, 6.45) is 14.6. The van der Waals surface area contributed by atoms with Crippen LogP contribution in [0.2, 0.25) is 0 Å². The van der Waals surface area contributed by atoms with Crippen LogP contribution in [-0.2, 0) is 6.42 Å². The number of nitrogens with one attached hydrogen (secondary N) is 4. The van der Waals surface area contributed by atoms with Crippen LogP contribution < -0.4 is 32.0 Å². The molecule has 6 N–H and O–H groups in total. The Labute approximate surface area is 196 Å². The summed E-state index contributed by atoms with van der Waals surface area (Å²) in [6, 6.07) is 5.96. The monoisotopic (exact) mass is 446 g/mol. The summed E-state index contributed by atoms with van der Waals surface area (Å²) >= 11 is 0. The Hall–Kier alpha value is -3.55. The number of aryl methyl sites for hydroxylation is 1. The highest BCUT2D eigenvalue weighted by Gasteiger charge is 2.22. The van der Waals surface area contributed by atoms with E-state index < -0.39 is 0 Å². The summed E-state index contributed by atoms with van der Waals surface area (Å²) in [5, 5.41) is 6.75. The molecule has 0 radical (unpaired) electrons. The fourth-order valence-corrected chi connectivity index (χ4v) is 3.48. The van der Waals surface area contributed by atoms with E-state index in [9.17, 15) is 0 Å². The Morgan fingerprint density at radius 3 is 2.82 bits per heavy atom. The van der Waals surface area contributed by atoms with E-state index in [1.165, 1.54) is 0 Å². The minimum absolute atomic E-state index is 0.0166. The third kappa shape index (κ3) is 6.47. The summed E-state index contributed by atoms with van der Waals surface area (Å²) in [5.74, 6) is 1.76. The maximum Gasteiger partial charge on any atom is 0.119 e. The molecule has 2 aliphatic rings. The van der Waals surface area contributed by atoms with Crippen LogP contribution in [-0.4, -0.2) is 25.5 Å². The summed E-state index contributed by atoms with van der Waals surface area (Å²) in [7, 11) is 1.67. The smallest absolute Gasteiger partial charge is 0.119 e. The van der Waals surface area contributed by atoms with E-state index in [2.05, 4.69) is 65.6 Å². The highest BCUT2D eigenvalue weighted by atomic mass is 16.5. The fourth-order valence-electron chi connectivity index (χ4n) is 3.48. The number of nitrogens with two attached hydrogens (primary N) is 1. The number of nitrogens with zero attached hydrogens (tertiary/aromatic N) is 1. The molecule has 3 unspecified atom stereocenters. The van der Waals surface area contributed by atoms with Gasteiger partial charge in [-0.1, -0.05) is 57.4 Å². The third-order valence-electron chi connectivity index (χ3n) is 5.63. The van der Waals surface area contributed by atoms with Crippen LogP contribution in [0.3, 0.4) is 0 Å². The first-order valence-corrected chi connectivity index (χ1v) is 11.1. The molecule has 7 heteroatoms. The lowest BCUT2D eigenvalue weighted by molar-refractivity contribution is 0.414. The molecule has 1 saturated heterocycles. The van der Waals surface area contributed by atoms with E-state index in [1.807, 2.05) is 42.5 Å². The molecule has 174 valence electrons. The number of hydrogen-bond acceptors (Lipinski definition) is 7. The Morgan fingerprint density at radius 2 is 2.12 bits per heavy atom. The normalized spacial score (nSPS) is 23.2. The summed E-state index contributed by atoms with van der Waals surface area (Å²) in [4.78, 5) is 4.47. The number of hydrazine groups is 1. The topological polar surface area (TPSA) is 95.7 Å². The van der Waals surface area contributed by atoms with E-state index in [0.29, 0.717) is 11.5 Å². The lowest BCUT2D eigenvalue weighted by Crippen LogP contribution is -2.38. The zero-order chi connectivity index (χ0) is 23.8. The first-order valence-electron chi connectivity index (χ1n) is 11.1. The van der Waals surface area contributed by atoms with Crippen molar-refractivity contribution in [1.29, 1.82) is 0 Å². The predicted octanol–water partition coefficient (Wildman–Crippen LogP) is 3.65. The van der Waals surface area contributed by atoms with Crippen molar-refractivity contribution in [2.75, 3.05) is 12.4 Å². The molecule has 0 aromatic heterocycles. The van der Waals surface area contributed by atoms with Gasteiger partial charge in [0, 0.05) is 23.5 Å². The SMILES string of the molecule is C=C(Nc1ccc(OC)cc1CC)NC1C=CC=C(C(=C)N=C/C=C2/NNC(N)C2C)C=C1. The number of aliphatic imine (C=N–C) groups is 1. The first-order chi connectivity index (χ1) is 15.9. The Balaban J connectivity index is 1.56. The van der Waals surface area contributed by atoms with Crippen molar-refractivity contribution in [1.82, 2.24) is 16.2 Å². The number of benzene rings is 1. The standard InChI is InChI=1S/C26H34N6O/c1-6-20-16-23(33-5)12-13-25(20)30-19(4)29-22-9-7-8-21(10-11-22)18(3)28-15-14-24-17(2)26(27)32-31-24/h7-17,22,26,29-32H,3-4,6,27H2,1-2,5H3/b24-14+,28-15?. The number of methoxy groups -OCH3 is 1. The summed E-state index contributed by atoms with van der Waals surface area (Å²) < 4.78 is 5.32. The molecule has 1 aliphatic heterocycles. The molecule has 3 atom stereocenters. The molecular weight excluding hydrogens is 412 g/mol. The van der Waals surface area contributed by atoms with Crippen LogP contribution in [0.15, 0.2) is 95.6 Å². The fraction of sp³-hybridized carbons (Fsp3) is 0.269. The van der Waals surface area contributed by atoms with Gasteiger partial charge in [0.1, 0.15) is 5.75 Å². The molecule has 3 rings (SSSR count). The lowest BCUT2D eigenvalue weighted by Gasteiger charge is -2.18. The first kappa shape index (κ1) is 24.1. The van der Waals surface area contributed by atoms with E-state index in [4.69, 9.17) is 10.5 Å². The largest absolute Gasteiger partial charge is 0.497 e. The van der Waals surface area contributed by atoms with Gasteiger partial charge in [-0.05, 0) is 41.8 Å². The average molecular weight is 447 g/mol. The molecule has 1 aliphatic carbocycles. The van der Waals surface area contributed by atoms with Crippen molar-refractivity contribution in [3.63, 3.8) is 0 Å². The van der Waals surface area contributed by atoms with Crippen molar-refractivity contribution in [3.05, 3.63) is 96.2 Å². The predicted molar refractivity (Wildman–Crippen MR) is 138 cm³/mol. The number of hydrogen-bond donors (Lipinski definition) is 5. The number of ether oxygens (including phenoxy) is 1. The molecule has 1 aromatic carbocycles. The maximum atomic E-state index is 5.93. The molecular formula is C26H34N6O. The summed E-state index contributed by atoms with van der Waals surface area (Å²) in [6.45, 7) is 12.4. The molecule has 7 nitrogen and oxygen atoms in total. The lowest BCUT2D eigenvalue weighted by atomic mass is 10.1. The molecule has 1 fully saturated rings. The quantitative estimate of drug-likeness (QED) is 0.372. The second-order valence-electron chi connectivity index (χ2n) is 7.95. The Morgan fingerprint density at radius 1 is 1.30 bits per heavy atom. The van der Waals surface area contributed by atoms with Crippen molar-refractivity contribution in [2.45, 2.75) is 32.5 Å². The maximum absolute atomic E-state index is 5.93. The van der Waals surface area contributed by atoms with Crippen molar-refractivity contribution in [3.8, 4) is 5.75 Å². The molecule has 1 heterocycles. The van der Waals surface area contributed by atoms with E-state index in [1.54, 1.807) is 13.3 Å². The summed E-state index contributed by atoms with van der Waals surface area (Å²) in [5.41, 5.74) is 16.8. The molecule has 1 aromatic rings. The van der Waals surface area contributed by atoms with Gasteiger partial charge in [0.2, 0.25) is 0 Å². The highest BCUT2D eigenvalue weighted by molar-refractivity contribution is 5.74. The van der Waals surface area contributed by atoms with Crippen LogP contribution in [0.5, 0.6) is 5.75 Å². The highest BCUT2D eigenvalue weighted by Crippen LogP contribution is 2.23. The molecule has 33 heavy (non-hydrogen) atoms. The molecule has 0 spiro atoms. The van der Waals surface area contributed by atoms with Gasteiger partial charge >= 0.3 is 0 Å². The Kier molecular flexibility index (Phi) is 8.29. The second-order valence-corrected chi connectivity index (χ2v) is 7.95. The van der Waals surface area contributed by atoms with Crippen LogP contribution >= 0.6 is 0 Å². The van der Waals surface area contributed by atoms with Gasteiger partial charge in [0.15, 0.2) is 0 Å². The van der Waals surface area contributed by atoms with Crippen LogP contribution in [0.25, 0.3) is 0 Å². The van der Waals surface area contributed by atoms with Crippen molar-refractivity contribution < 1.29 is 4.74 Å². The Bertz CT molecular complexity index is 1030. The van der Waals surface area contributed by atoms with Gasteiger partial charge in [-0.25, -0.2) is 5.43 Å². The van der Waals surface area contributed by atoms with Crippen molar-refractivity contribution >= 4 is 11.9 Å². The van der Waals surface area contributed by atoms with Gasteiger partial charge < -0.3 is 26.5 Å². The number of anilines is 1. The second kappa shape index (κ2) is 11.4. The van der Waals surface area contributed by atoms with Gasteiger partial charge in [-0.3, -0.25) is 4.99 Å². The van der Waals surface area contributed by atoms with Crippen LogP contribution in [0.1, 0.15) is 19.4 Å². The number of rotatable bonds is 9. The number of allylic oxidation sites excluding steroid dienone is 4.